The highest BCUT2D eigenvalue weighted by molar-refractivity contribution is 5.63. The lowest BCUT2D eigenvalue weighted by Gasteiger charge is -2.17. The quantitative estimate of drug-likeness (QED) is 0.799. The summed E-state index contributed by atoms with van der Waals surface area (Å²) in [4.78, 5) is 0. The second-order valence-electron chi connectivity index (χ2n) is 4.10. The third-order valence-corrected chi connectivity index (χ3v) is 2.60. The molecule has 1 aromatic carbocycles. The standard InChI is InChI=1S/C13H21NO3/c1-9(2)10-7-13(17-4)11(14-5-6-15)8-12(10)16-3/h7-9,14-15H,5-6H2,1-4H3. The Balaban J connectivity index is 3.13. The summed E-state index contributed by atoms with van der Waals surface area (Å²) in [6, 6.07) is 3.88. The second-order valence-corrected chi connectivity index (χ2v) is 4.10. The van der Waals surface area contributed by atoms with Gasteiger partial charge in [-0.05, 0) is 12.0 Å². The van der Waals surface area contributed by atoms with Crippen molar-refractivity contribution >= 4 is 5.69 Å². The number of methoxy groups -OCH3 is 2. The molecule has 0 heterocycles. The number of aliphatic hydroxyl groups excluding tert-OH is 1. The highest BCUT2D eigenvalue weighted by atomic mass is 16.5. The normalized spacial score (nSPS) is 10.5. The number of anilines is 1. The number of nitrogens with one attached hydrogen (secondary N) is 1. The highest BCUT2D eigenvalue weighted by Crippen LogP contribution is 2.36. The predicted octanol–water partition coefficient (Wildman–Crippen LogP) is 2.23. The van der Waals surface area contributed by atoms with Crippen LogP contribution in [0.25, 0.3) is 0 Å². The van der Waals surface area contributed by atoms with E-state index in [-0.39, 0.29) is 6.61 Å². The van der Waals surface area contributed by atoms with Gasteiger partial charge in [0, 0.05) is 18.2 Å². The molecule has 0 aliphatic carbocycles. The van der Waals surface area contributed by atoms with E-state index < -0.39 is 0 Å². The Morgan fingerprint density at radius 1 is 1.18 bits per heavy atom. The Morgan fingerprint density at radius 2 is 1.82 bits per heavy atom. The summed E-state index contributed by atoms with van der Waals surface area (Å²) < 4.78 is 10.7. The SMILES string of the molecule is COc1cc(C(C)C)c(OC)cc1NCCO. The van der Waals surface area contributed by atoms with Crippen LogP contribution < -0.4 is 14.8 Å². The fourth-order valence-corrected chi connectivity index (χ4v) is 1.70. The van der Waals surface area contributed by atoms with Gasteiger partial charge in [0.1, 0.15) is 11.5 Å². The van der Waals surface area contributed by atoms with Crippen molar-refractivity contribution in [2.75, 3.05) is 32.7 Å². The molecule has 0 bridgehead atoms. The monoisotopic (exact) mass is 239 g/mol. The van der Waals surface area contributed by atoms with E-state index in [2.05, 4.69) is 19.2 Å². The average molecular weight is 239 g/mol. The van der Waals surface area contributed by atoms with Gasteiger partial charge in [0.25, 0.3) is 0 Å². The van der Waals surface area contributed by atoms with Gasteiger partial charge in [-0.1, -0.05) is 13.8 Å². The molecule has 0 spiro atoms. The van der Waals surface area contributed by atoms with Gasteiger partial charge in [-0.15, -0.1) is 0 Å². The maximum absolute atomic E-state index is 8.83. The Bertz CT molecular complexity index is 364. The molecular formula is C13H21NO3. The number of ether oxygens (including phenoxy) is 2. The van der Waals surface area contributed by atoms with Crippen LogP contribution in [0.3, 0.4) is 0 Å². The van der Waals surface area contributed by atoms with Crippen LogP contribution in [-0.2, 0) is 0 Å². The zero-order chi connectivity index (χ0) is 12.8. The van der Waals surface area contributed by atoms with Crippen molar-refractivity contribution in [2.24, 2.45) is 0 Å². The van der Waals surface area contributed by atoms with E-state index in [1.807, 2.05) is 12.1 Å². The van der Waals surface area contributed by atoms with Crippen LogP contribution in [0, 0.1) is 0 Å². The largest absolute Gasteiger partial charge is 0.496 e. The number of benzene rings is 1. The Kier molecular flexibility index (Phi) is 5.10. The highest BCUT2D eigenvalue weighted by Gasteiger charge is 2.13. The lowest BCUT2D eigenvalue weighted by Crippen LogP contribution is -2.07. The van der Waals surface area contributed by atoms with Crippen LogP contribution in [-0.4, -0.2) is 32.5 Å². The van der Waals surface area contributed by atoms with Gasteiger partial charge in [-0.25, -0.2) is 0 Å². The first-order chi connectivity index (χ1) is 8.13. The van der Waals surface area contributed by atoms with E-state index in [1.165, 1.54) is 0 Å². The van der Waals surface area contributed by atoms with Gasteiger partial charge >= 0.3 is 0 Å². The third-order valence-electron chi connectivity index (χ3n) is 2.60. The van der Waals surface area contributed by atoms with Gasteiger partial charge < -0.3 is 19.9 Å². The topological polar surface area (TPSA) is 50.7 Å². The van der Waals surface area contributed by atoms with Crippen LogP contribution >= 0.6 is 0 Å². The van der Waals surface area contributed by atoms with Crippen molar-refractivity contribution in [2.45, 2.75) is 19.8 Å². The number of hydrogen-bond donors (Lipinski definition) is 2. The smallest absolute Gasteiger partial charge is 0.142 e. The van der Waals surface area contributed by atoms with E-state index in [9.17, 15) is 0 Å². The Morgan fingerprint density at radius 3 is 2.29 bits per heavy atom. The molecule has 0 unspecified atom stereocenters. The van der Waals surface area contributed by atoms with Crippen LogP contribution in [0.5, 0.6) is 11.5 Å². The zero-order valence-electron chi connectivity index (χ0n) is 10.9. The maximum Gasteiger partial charge on any atom is 0.142 e. The fourth-order valence-electron chi connectivity index (χ4n) is 1.70. The van der Waals surface area contributed by atoms with Gasteiger partial charge in [0.15, 0.2) is 0 Å². The summed E-state index contributed by atoms with van der Waals surface area (Å²) in [7, 11) is 3.29. The second kappa shape index (κ2) is 6.35. The van der Waals surface area contributed by atoms with Crippen molar-refractivity contribution in [3.8, 4) is 11.5 Å². The molecule has 0 aromatic heterocycles. The van der Waals surface area contributed by atoms with Gasteiger partial charge in [0.2, 0.25) is 0 Å². The molecule has 0 aliphatic rings. The van der Waals surface area contributed by atoms with Gasteiger partial charge in [0.05, 0.1) is 26.5 Å². The minimum atomic E-state index is 0.0808. The van der Waals surface area contributed by atoms with E-state index in [0.29, 0.717) is 12.5 Å². The summed E-state index contributed by atoms with van der Waals surface area (Å²) >= 11 is 0. The van der Waals surface area contributed by atoms with Crippen molar-refractivity contribution in [3.05, 3.63) is 17.7 Å². The molecular weight excluding hydrogens is 218 g/mol. The summed E-state index contributed by atoms with van der Waals surface area (Å²) in [5, 5.41) is 11.9. The first-order valence-corrected chi connectivity index (χ1v) is 5.74. The zero-order valence-corrected chi connectivity index (χ0v) is 10.9. The molecule has 17 heavy (non-hydrogen) atoms. The number of hydrogen-bond acceptors (Lipinski definition) is 4. The molecule has 0 atom stereocenters. The summed E-state index contributed by atoms with van der Waals surface area (Å²) in [6.45, 7) is 4.79. The fraction of sp³-hybridized carbons (Fsp3) is 0.538. The molecule has 1 aromatic rings. The summed E-state index contributed by atoms with van der Waals surface area (Å²) in [5.41, 5.74) is 1.95. The number of rotatable bonds is 6. The molecule has 4 nitrogen and oxygen atoms in total. The van der Waals surface area contributed by atoms with E-state index in [1.54, 1.807) is 14.2 Å². The number of aliphatic hydroxyl groups is 1. The van der Waals surface area contributed by atoms with E-state index in [0.717, 1.165) is 22.7 Å². The van der Waals surface area contributed by atoms with Crippen molar-refractivity contribution in [1.29, 1.82) is 0 Å². The molecule has 1 rings (SSSR count). The first kappa shape index (κ1) is 13.6. The van der Waals surface area contributed by atoms with Crippen LogP contribution in [0.1, 0.15) is 25.3 Å². The molecule has 0 saturated carbocycles. The predicted molar refractivity (Wildman–Crippen MR) is 69.2 cm³/mol. The van der Waals surface area contributed by atoms with Crippen LogP contribution in [0.4, 0.5) is 5.69 Å². The molecule has 0 fully saturated rings. The van der Waals surface area contributed by atoms with Crippen molar-refractivity contribution in [1.82, 2.24) is 0 Å². The summed E-state index contributed by atoms with van der Waals surface area (Å²) in [5.74, 6) is 1.97. The summed E-state index contributed by atoms with van der Waals surface area (Å²) in [6.07, 6.45) is 0. The third kappa shape index (κ3) is 3.27. The van der Waals surface area contributed by atoms with E-state index in [4.69, 9.17) is 14.6 Å². The molecule has 4 heteroatoms. The minimum absolute atomic E-state index is 0.0808. The molecule has 2 N–H and O–H groups in total. The lowest BCUT2D eigenvalue weighted by atomic mass is 10.0. The van der Waals surface area contributed by atoms with Crippen LogP contribution in [0.15, 0.2) is 12.1 Å². The Hall–Kier alpha value is -1.42. The van der Waals surface area contributed by atoms with Crippen molar-refractivity contribution < 1.29 is 14.6 Å². The first-order valence-electron chi connectivity index (χ1n) is 5.74. The Labute approximate surface area is 103 Å². The molecule has 96 valence electrons. The molecule has 0 radical (unpaired) electrons. The maximum atomic E-state index is 8.83. The van der Waals surface area contributed by atoms with Gasteiger partial charge in [-0.2, -0.15) is 0 Å². The van der Waals surface area contributed by atoms with Gasteiger partial charge in [-0.3, -0.25) is 0 Å². The molecule has 0 aliphatic heterocycles. The molecule has 0 saturated heterocycles. The van der Waals surface area contributed by atoms with Crippen LogP contribution in [0.2, 0.25) is 0 Å². The van der Waals surface area contributed by atoms with E-state index >= 15 is 0 Å². The molecule has 0 amide bonds. The average Bonchev–Trinajstić information content (AvgIpc) is 2.34. The minimum Gasteiger partial charge on any atom is -0.496 e. The lowest BCUT2D eigenvalue weighted by molar-refractivity contribution is 0.310. The van der Waals surface area contributed by atoms with Crippen molar-refractivity contribution in [3.63, 3.8) is 0 Å².